The Morgan fingerprint density at radius 3 is 2.55 bits per heavy atom. The molecule has 2 saturated heterocycles. The smallest absolute Gasteiger partial charge is 0.403 e. The fourth-order valence-electron chi connectivity index (χ4n) is 3.66. The molecule has 1 aromatic rings. The van der Waals surface area contributed by atoms with E-state index in [-0.39, 0.29) is 17.9 Å². The third-order valence-corrected chi connectivity index (χ3v) is 5.20. The third kappa shape index (κ3) is 4.81. The monoisotopic (exact) mass is 412 g/mol. The van der Waals surface area contributed by atoms with E-state index in [9.17, 15) is 22.8 Å². The Morgan fingerprint density at radius 2 is 1.90 bits per heavy atom. The first-order valence-corrected chi connectivity index (χ1v) is 9.66. The number of hydrogen-bond donors (Lipinski definition) is 3. The fraction of sp³-hybridized carbons (Fsp3) is 0.474. The summed E-state index contributed by atoms with van der Waals surface area (Å²) in [4.78, 5) is 27.9. The number of hydrazine groups is 1. The van der Waals surface area contributed by atoms with Crippen molar-refractivity contribution in [3.05, 3.63) is 41.7 Å². The molecule has 0 spiro atoms. The average molecular weight is 412 g/mol. The molecule has 0 unspecified atom stereocenters. The molecule has 2 heterocycles. The van der Waals surface area contributed by atoms with Crippen molar-refractivity contribution in [3.8, 4) is 0 Å². The number of imide groups is 1. The number of halogens is 3. The number of anilines is 1. The molecule has 3 amide bonds. The van der Waals surface area contributed by atoms with Crippen LogP contribution >= 0.6 is 0 Å². The molecule has 3 rings (SSSR count). The van der Waals surface area contributed by atoms with E-state index in [0.717, 1.165) is 47.9 Å². The van der Waals surface area contributed by atoms with Gasteiger partial charge >= 0.3 is 12.2 Å². The zero-order chi connectivity index (χ0) is 21.0. The molecule has 0 saturated carbocycles. The molecule has 1 aromatic carbocycles. The predicted octanol–water partition coefficient (Wildman–Crippen LogP) is 1.24. The Hall–Kier alpha value is -2.75. The topological polar surface area (TPSA) is 83.1 Å². The highest BCUT2D eigenvalue weighted by atomic mass is 19.4. The summed E-state index contributed by atoms with van der Waals surface area (Å²) in [6.45, 7) is 3.16. The van der Waals surface area contributed by atoms with E-state index in [2.05, 4.69) is 5.43 Å². The highest BCUT2D eigenvalue weighted by molar-refractivity contribution is 6.11. The Bertz CT molecular complexity index is 790. The highest BCUT2D eigenvalue weighted by Crippen LogP contribution is 2.32. The maximum Gasteiger partial charge on any atom is 0.416 e. The number of quaternary nitrogens is 1. The lowest BCUT2D eigenvalue weighted by Crippen LogP contribution is -3.12. The lowest BCUT2D eigenvalue weighted by Gasteiger charge is -2.36. The van der Waals surface area contributed by atoms with Crippen LogP contribution in [0.15, 0.2) is 36.2 Å². The maximum absolute atomic E-state index is 13.0. The summed E-state index contributed by atoms with van der Waals surface area (Å²) in [7, 11) is 0. The molecule has 158 valence electrons. The zero-order valence-corrected chi connectivity index (χ0v) is 16.0. The Balaban J connectivity index is 1.75. The second-order valence-corrected chi connectivity index (χ2v) is 7.23. The average Bonchev–Trinajstić information content (AvgIpc) is 2.71. The van der Waals surface area contributed by atoms with Crippen molar-refractivity contribution < 1.29 is 27.7 Å². The molecule has 0 aliphatic carbocycles. The summed E-state index contributed by atoms with van der Waals surface area (Å²) in [5.41, 5.74) is 7.04. The first kappa shape index (κ1) is 21.0. The lowest BCUT2D eigenvalue weighted by atomic mass is 10.1. The number of piperidine rings is 1. The van der Waals surface area contributed by atoms with Crippen LogP contribution in [0.1, 0.15) is 31.2 Å². The molecule has 2 fully saturated rings. The van der Waals surface area contributed by atoms with Crippen molar-refractivity contribution in [3.63, 3.8) is 0 Å². The number of nitrogens with one attached hydrogen (secondary N) is 2. The molecule has 4 N–H and O–H groups in total. The number of nitrogens with two attached hydrogens (primary N) is 1. The van der Waals surface area contributed by atoms with Crippen LogP contribution in [0.4, 0.5) is 23.7 Å². The van der Waals surface area contributed by atoms with Crippen molar-refractivity contribution in [2.45, 2.75) is 31.9 Å². The molecule has 0 aromatic heterocycles. The van der Waals surface area contributed by atoms with Gasteiger partial charge in [0.25, 0.3) is 5.91 Å². The number of likely N-dealkylation sites (tertiary alicyclic amines) is 1. The van der Waals surface area contributed by atoms with Gasteiger partial charge in [-0.15, -0.1) is 0 Å². The normalized spacial score (nSPS) is 20.3. The van der Waals surface area contributed by atoms with Gasteiger partial charge < -0.3 is 10.6 Å². The van der Waals surface area contributed by atoms with Crippen molar-refractivity contribution in [1.82, 2.24) is 10.3 Å². The number of amides is 3. The van der Waals surface area contributed by atoms with Crippen molar-refractivity contribution in [2.24, 2.45) is 5.73 Å². The molecule has 0 bridgehead atoms. The van der Waals surface area contributed by atoms with Gasteiger partial charge in [0.15, 0.2) is 0 Å². The van der Waals surface area contributed by atoms with Gasteiger partial charge in [-0.25, -0.2) is 9.80 Å². The Morgan fingerprint density at radius 1 is 1.17 bits per heavy atom. The molecular formula is C19H25F3N5O2+. The van der Waals surface area contributed by atoms with Crippen LogP contribution in [0.3, 0.4) is 0 Å². The molecule has 2 aliphatic heterocycles. The SMILES string of the molecule is N/C=C1/NN(c2cccc(C(F)(F)F)c2)C(=O)N(CCC[NH+]2CCCCC2)C1=O. The largest absolute Gasteiger partial charge is 0.416 e. The second kappa shape index (κ2) is 8.73. The second-order valence-electron chi connectivity index (χ2n) is 7.23. The predicted molar refractivity (Wildman–Crippen MR) is 100 cm³/mol. The van der Waals surface area contributed by atoms with Crippen molar-refractivity contribution in [2.75, 3.05) is 31.2 Å². The van der Waals surface area contributed by atoms with Crippen molar-refractivity contribution in [1.29, 1.82) is 0 Å². The van der Waals surface area contributed by atoms with Crippen LogP contribution in [0.5, 0.6) is 0 Å². The van der Waals surface area contributed by atoms with Crippen molar-refractivity contribution >= 4 is 17.6 Å². The molecule has 2 aliphatic rings. The van der Waals surface area contributed by atoms with E-state index in [1.807, 2.05) is 0 Å². The number of carbonyl (C=O) groups excluding carboxylic acids is 2. The van der Waals surface area contributed by atoms with Crippen LogP contribution in [-0.4, -0.2) is 43.0 Å². The Labute approximate surface area is 166 Å². The lowest BCUT2D eigenvalue weighted by molar-refractivity contribution is -0.905. The zero-order valence-electron chi connectivity index (χ0n) is 16.0. The number of nitrogens with zero attached hydrogens (tertiary/aromatic N) is 2. The Kier molecular flexibility index (Phi) is 6.31. The number of alkyl halides is 3. The van der Waals surface area contributed by atoms with Gasteiger partial charge in [0.2, 0.25) is 0 Å². The van der Waals surface area contributed by atoms with Gasteiger partial charge in [-0.1, -0.05) is 6.07 Å². The van der Waals surface area contributed by atoms with Gasteiger partial charge in [0, 0.05) is 19.2 Å². The maximum atomic E-state index is 13.0. The first-order valence-electron chi connectivity index (χ1n) is 9.66. The molecule has 29 heavy (non-hydrogen) atoms. The molecule has 10 heteroatoms. The van der Waals surface area contributed by atoms with Crippen LogP contribution < -0.4 is 21.1 Å². The van der Waals surface area contributed by atoms with Gasteiger partial charge in [-0.05, 0) is 37.5 Å². The minimum atomic E-state index is -4.55. The van der Waals surface area contributed by atoms with E-state index < -0.39 is 23.7 Å². The van der Waals surface area contributed by atoms with E-state index >= 15 is 0 Å². The van der Waals surface area contributed by atoms with E-state index in [4.69, 9.17) is 5.73 Å². The number of carbonyl (C=O) groups is 2. The van der Waals surface area contributed by atoms with Crippen LogP contribution in [0.25, 0.3) is 0 Å². The molecule has 0 radical (unpaired) electrons. The summed E-state index contributed by atoms with van der Waals surface area (Å²) in [6, 6.07) is 3.61. The molecule has 0 atom stereocenters. The molecular weight excluding hydrogens is 387 g/mol. The fourth-order valence-corrected chi connectivity index (χ4v) is 3.66. The quantitative estimate of drug-likeness (QED) is 0.636. The van der Waals surface area contributed by atoms with E-state index in [0.29, 0.717) is 6.42 Å². The summed E-state index contributed by atoms with van der Waals surface area (Å²) in [5, 5.41) is 0.920. The van der Waals surface area contributed by atoms with E-state index in [1.165, 1.54) is 36.3 Å². The summed E-state index contributed by atoms with van der Waals surface area (Å²) >= 11 is 0. The minimum Gasteiger partial charge on any atom is -0.403 e. The number of hydrogen-bond acceptors (Lipinski definition) is 4. The number of urea groups is 1. The van der Waals surface area contributed by atoms with E-state index in [1.54, 1.807) is 0 Å². The van der Waals surface area contributed by atoms with Crippen LogP contribution in [0, 0.1) is 0 Å². The third-order valence-electron chi connectivity index (χ3n) is 5.20. The first-order chi connectivity index (χ1) is 13.8. The summed E-state index contributed by atoms with van der Waals surface area (Å²) in [6.07, 6.45) is 0.650. The standard InChI is InChI=1S/C19H24F3N5O2/c20-19(21,22)14-6-4-7-15(12-14)27-18(29)26(17(28)16(13-23)24-27)11-5-10-25-8-2-1-3-9-25/h4,6-7,12-13,24H,1-3,5,8-11,23H2/p+1/b16-13+. The highest BCUT2D eigenvalue weighted by Gasteiger charge is 2.37. The van der Waals surface area contributed by atoms with Gasteiger partial charge in [-0.3, -0.25) is 15.1 Å². The van der Waals surface area contributed by atoms with Gasteiger partial charge in [0.1, 0.15) is 5.70 Å². The van der Waals surface area contributed by atoms with Crippen LogP contribution in [-0.2, 0) is 11.0 Å². The van der Waals surface area contributed by atoms with Gasteiger partial charge in [0.05, 0.1) is 30.9 Å². The number of benzene rings is 1. The summed E-state index contributed by atoms with van der Waals surface area (Å²) in [5.74, 6) is -0.589. The number of rotatable bonds is 5. The molecule has 7 nitrogen and oxygen atoms in total. The van der Waals surface area contributed by atoms with Gasteiger partial charge in [-0.2, -0.15) is 13.2 Å². The summed E-state index contributed by atoms with van der Waals surface area (Å²) < 4.78 is 39.1. The minimum absolute atomic E-state index is 0.0247. The van der Waals surface area contributed by atoms with Crippen LogP contribution in [0.2, 0.25) is 0 Å².